The van der Waals surface area contributed by atoms with E-state index >= 15 is 0 Å². The van der Waals surface area contributed by atoms with Gasteiger partial charge in [0.1, 0.15) is 5.82 Å². The van der Waals surface area contributed by atoms with E-state index in [1.165, 1.54) is 5.56 Å². The fourth-order valence-electron chi connectivity index (χ4n) is 6.03. The van der Waals surface area contributed by atoms with Crippen LogP contribution in [0.4, 0.5) is 11.4 Å². The quantitative estimate of drug-likeness (QED) is 0.350. The van der Waals surface area contributed by atoms with Crippen molar-refractivity contribution in [1.82, 2.24) is 9.55 Å². The van der Waals surface area contributed by atoms with Crippen molar-refractivity contribution in [3.05, 3.63) is 113 Å². The second kappa shape index (κ2) is 7.56. The smallest absolute Gasteiger partial charge is 0.279 e. The van der Waals surface area contributed by atoms with Crippen LogP contribution in [0.2, 0.25) is 0 Å². The van der Waals surface area contributed by atoms with Gasteiger partial charge in [-0.25, -0.2) is 4.98 Å². The van der Waals surface area contributed by atoms with E-state index in [9.17, 15) is 4.79 Å². The van der Waals surface area contributed by atoms with E-state index in [1.807, 2.05) is 47.4 Å². The van der Waals surface area contributed by atoms with Gasteiger partial charge in [0, 0.05) is 23.4 Å². The van der Waals surface area contributed by atoms with Crippen LogP contribution in [0.25, 0.3) is 22.4 Å². The van der Waals surface area contributed by atoms with Gasteiger partial charge >= 0.3 is 0 Å². The van der Waals surface area contributed by atoms with Crippen molar-refractivity contribution >= 4 is 28.3 Å². The van der Waals surface area contributed by atoms with E-state index in [0.717, 1.165) is 56.9 Å². The lowest BCUT2D eigenvalue weighted by Crippen LogP contribution is -2.53. The first-order valence-corrected chi connectivity index (χ1v) is 12.4. The minimum Gasteiger partial charge on any atom is -0.350 e. The standard InChI is InChI=1S/C31H26N4O/c1-20-18-21(2)28-24(19-20)31(30(36)34(28)17-16-22-10-4-3-5-11-22)33-25-13-7-6-12-23(25)29-32-26-14-8-9-15-27(26)35(29)31/h3-15,18-19,33H,16-17H2,1-2H3. The van der Waals surface area contributed by atoms with Crippen LogP contribution < -0.4 is 10.2 Å². The number of aromatic nitrogens is 2. The maximum atomic E-state index is 14.8. The van der Waals surface area contributed by atoms with Crippen LogP contribution in [0, 0.1) is 13.8 Å². The third-order valence-corrected chi connectivity index (χ3v) is 7.51. The fourth-order valence-corrected chi connectivity index (χ4v) is 6.03. The molecule has 1 amide bonds. The molecule has 4 aromatic carbocycles. The zero-order valence-electron chi connectivity index (χ0n) is 20.3. The Morgan fingerprint density at radius 1 is 0.889 bits per heavy atom. The Morgan fingerprint density at radius 2 is 1.64 bits per heavy atom. The number of fused-ring (bicyclic) bond motifs is 8. The normalized spacial score (nSPS) is 17.7. The van der Waals surface area contributed by atoms with Crippen molar-refractivity contribution in [3.63, 3.8) is 0 Å². The Bertz CT molecular complexity index is 1670. The molecule has 0 bridgehead atoms. The van der Waals surface area contributed by atoms with E-state index in [0.29, 0.717) is 6.54 Å². The molecule has 36 heavy (non-hydrogen) atoms. The van der Waals surface area contributed by atoms with Crippen molar-refractivity contribution in [2.45, 2.75) is 25.9 Å². The van der Waals surface area contributed by atoms with Gasteiger partial charge in [0.2, 0.25) is 5.66 Å². The summed E-state index contributed by atoms with van der Waals surface area (Å²) in [5.41, 5.74) is 8.07. The first-order valence-electron chi connectivity index (χ1n) is 12.4. The first kappa shape index (κ1) is 20.9. The molecule has 1 N–H and O–H groups in total. The molecule has 176 valence electrons. The molecule has 3 heterocycles. The molecule has 0 fully saturated rings. The summed E-state index contributed by atoms with van der Waals surface area (Å²) in [5, 5.41) is 3.73. The predicted molar refractivity (Wildman–Crippen MR) is 144 cm³/mol. The van der Waals surface area contributed by atoms with Crippen molar-refractivity contribution < 1.29 is 4.79 Å². The summed E-state index contributed by atoms with van der Waals surface area (Å²) in [7, 11) is 0. The van der Waals surface area contributed by atoms with Crippen LogP contribution in [0.1, 0.15) is 22.3 Å². The summed E-state index contributed by atoms with van der Waals surface area (Å²) in [6.45, 7) is 4.81. The molecule has 0 aliphatic carbocycles. The van der Waals surface area contributed by atoms with Crippen LogP contribution in [0.5, 0.6) is 0 Å². The van der Waals surface area contributed by atoms with Crippen molar-refractivity contribution in [2.24, 2.45) is 0 Å². The molecule has 1 spiro atoms. The fraction of sp³-hybridized carbons (Fsp3) is 0.161. The summed E-state index contributed by atoms with van der Waals surface area (Å²) in [6, 6.07) is 30.9. The number of carbonyl (C=O) groups excluding carboxylic acids is 1. The third-order valence-electron chi connectivity index (χ3n) is 7.51. The van der Waals surface area contributed by atoms with E-state index in [2.05, 4.69) is 72.3 Å². The molecule has 5 aromatic rings. The number of para-hydroxylation sites is 3. The Hall–Kier alpha value is -4.38. The minimum atomic E-state index is -1.11. The second-order valence-electron chi connectivity index (χ2n) is 9.81. The highest BCUT2D eigenvalue weighted by Crippen LogP contribution is 2.51. The average molecular weight is 471 g/mol. The highest BCUT2D eigenvalue weighted by atomic mass is 16.2. The molecule has 5 nitrogen and oxygen atoms in total. The number of carbonyl (C=O) groups is 1. The topological polar surface area (TPSA) is 50.2 Å². The summed E-state index contributed by atoms with van der Waals surface area (Å²) in [6.07, 6.45) is 0.781. The van der Waals surface area contributed by atoms with Crippen LogP contribution in [0.3, 0.4) is 0 Å². The Kier molecular flexibility index (Phi) is 4.40. The number of hydrogen-bond acceptors (Lipinski definition) is 3. The summed E-state index contributed by atoms with van der Waals surface area (Å²) in [4.78, 5) is 21.8. The molecule has 1 unspecified atom stereocenters. The third kappa shape index (κ3) is 2.77. The average Bonchev–Trinajstić information content (AvgIpc) is 3.39. The zero-order valence-corrected chi connectivity index (χ0v) is 20.3. The monoisotopic (exact) mass is 470 g/mol. The van der Waals surface area contributed by atoms with Gasteiger partial charge in [0.15, 0.2) is 0 Å². The number of anilines is 2. The lowest BCUT2D eigenvalue weighted by atomic mass is 9.92. The second-order valence-corrected chi connectivity index (χ2v) is 9.81. The van der Waals surface area contributed by atoms with Gasteiger partial charge < -0.3 is 10.2 Å². The molecular formula is C31H26N4O. The van der Waals surface area contributed by atoms with Gasteiger partial charge in [0.05, 0.1) is 16.7 Å². The largest absolute Gasteiger partial charge is 0.350 e. The lowest BCUT2D eigenvalue weighted by molar-refractivity contribution is -0.123. The number of imidazole rings is 1. The van der Waals surface area contributed by atoms with E-state index < -0.39 is 5.66 Å². The molecule has 1 atom stereocenters. The molecule has 2 aliphatic rings. The molecular weight excluding hydrogens is 444 g/mol. The predicted octanol–water partition coefficient (Wildman–Crippen LogP) is 6.04. The van der Waals surface area contributed by atoms with Gasteiger partial charge in [0.25, 0.3) is 5.91 Å². The number of amides is 1. The Labute approximate surface area is 210 Å². The zero-order chi connectivity index (χ0) is 24.4. The summed E-state index contributed by atoms with van der Waals surface area (Å²) in [5.74, 6) is 0.843. The highest BCUT2D eigenvalue weighted by Gasteiger charge is 2.56. The molecule has 5 heteroatoms. The Morgan fingerprint density at radius 3 is 2.50 bits per heavy atom. The molecule has 0 saturated carbocycles. The van der Waals surface area contributed by atoms with E-state index in [-0.39, 0.29) is 5.91 Å². The van der Waals surface area contributed by atoms with Gasteiger partial charge in [-0.05, 0) is 61.7 Å². The molecule has 0 saturated heterocycles. The highest BCUT2D eigenvalue weighted by molar-refractivity contribution is 6.12. The van der Waals surface area contributed by atoms with Gasteiger partial charge in [-0.2, -0.15) is 0 Å². The summed E-state index contributed by atoms with van der Waals surface area (Å²) >= 11 is 0. The van der Waals surface area contributed by atoms with Gasteiger partial charge in [-0.1, -0.05) is 66.2 Å². The van der Waals surface area contributed by atoms with Gasteiger partial charge in [-0.15, -0.1) is 0 Å². The summed E-state index contributed by atoms with van der Waals surface area (Å²) < 4.78 is 2.13. The maximum absolute atomic E-state index is 14.8. The molecule has 0 radical (unpaired) electrons. The Balaban J connectivity index is 1.50. The van der Waals surface area contributed by atoms with E-state index in [4.69, 9.17) is 4.98 Å². The van der Waals surface area contributed by atoms with Gasteiger partial charge in [-0.3, -0.25) is 9.36 Å². The van der Waals surface area contributed by atoms with Crippen LogP contribution >= 0.6 is 0 Å². The first-order chi connectivity index (χ1) is 17.6. The van der Waals surface area contributed by atoms with E-state index in [1.54, 1.807) is 0 Å². The number of hydrogen-bond donors (Lipinski definition) is 1. The van der Waals surface area contributed by atoms with Crippen molar-refractivity contribution in [1.29, 1.82) is 0 Å². The van der Waals surface area contributed by atoms with Crippen LogP contribution in [-0.2, 0) is 16.9 Å². The molecule has 7 rings (SSSR count). The van der Waals surface area contributed by atoms with Crippen molar-refractivity contribution in [2.75, 3.05) is 16.8 Å². The van der Waals surface area contributed by atoms with Crippen molar-refractivity contribution in [3.8, 4) is 11.4 Å². The minimum absolute atomic E-state index is 0.0287. The molecule has 1 aromatic heterocycles. The number of benzene rings is 4. The molecule has 2 aliphatic heterocycles. The maximum Gasteiger partial charge on any atom is 0.279 e. The number of aryl methyl sites for hydroxylation is 2. The SMILES string of the molecule is Cc1cc(C)c2c(c1)C1(Nc3ccccc3-c3nc4ccccc4n31)C(=O)N2CCc1ccccc1. The lowest BCUT2D eigenvalue weighted by Gasteiger charge is -2.38. The number of nitrogens with one attached hydrogen (secondary N) is 1. The number of rotatable bonds is 3. The van der Waals surface area contributed by atoms with Crippen LogP contribution in [-0.4, -0.2) is 22.0 Å². The van der Waals surface area contributed by atoms with Crippen LogP contribution in [0.15, 0.2) is 91.0 Å². The number of nitrogens with zero attached hydrogens (tertiary/aromatic N) is 3.